The second kappa shape index (κ2) is 5.59. The molecule has 1 heterocycles. The zero-order chi connectivity index (χ0) is 13.1. The van der Waals surface area contributed by atoms with Gasteiger partial charge in [-0.25, -0.2) is 4.79 Å². The van der Waals surface area contributed by atoms with Crippen LogP contribution in [-0.4, -0.2) is 52.6 Å². The molecule has 1 aliphatic carbocycles. The fourth-order valence-corrected chi connectivity index (χ4v) is 2.42. The van der Waals surface area contributed by atoms with Crippen molar-refractivity contribution in [3.8, 4) is 0 Å². The number of carboxylic acid groups (broad SMARTS) is 1. The molecule has 5 nitrogen and oxygen atoms in total. The topological polar surface area (TPSA) is 60.9 Å². The first-order valence-electron chi connectivity index (χ1n) is 6.85. The van der Waals surface area contributed by atoms with Gasteiger partial charge in [-0.05, 0) is 31.6 Å². The van der Waals surface area contributed by atoms with Crippen LogP contribution in [0.2, 0.25) is 0 Å². The highest BCUT2D eigenvalue weighted by Crippen LogP contribution is 2.29. The summed E-state index contributed by atoms with van der Waals surface area (Å²) in [6.07, 6.45) is 4.21. The fourth-order valence-electron chi connectivity index (χ4n) is 2.42. The summed E-state index contributed by atoms with van der Waals surface area (Å²) >= 11 is 0. The highest BCUT2D eigenvalue weighted by atomic mass is 16.4. The van der Waals surface area contributed by atoms with Crippen LogP contribution in [0.4, 0.5) is 4.79 Å². The number of carbonyl (C=O) groups is 2. The van der Waals surface area contributed by atoms with Crippen LogP contribution < -0.4 is 0 Å². The Balaban J connectivity index is 1.89. The Hall–Kier alpha value is -1.26. The summed E-state index contributed by atoms with van der Waals surface area (Å²) in [6, 6.07) is 0.335. The molecule has 2 rings (SSSR count). The van der Waals surface area contributed by atoms with Gasteiger partial charge in [-0.3, -0.25) is 4.79 Å². The van der Waals surface area contributed by atoms with Crippen molar-refractivity contribution in [2.24, 2.45) is 5.92 Å². The van der Waals surface area contributed by atoms with Crippen LogP contribution in [0, 0.1) is 5.92 Å². The maximum Gasteiger partial charge on any atom is 0.320 e. The first kappa shape index (κ1) is 13.2. The van der Waals surface area contributed by atoms with Gasteiger partial charge >= 0.3 is 12.0 Å². The lowest BCUT2D eigenvalue weighted by Gasteiger charge is -2.35. The molecule has 0 radical (unpaired) electrons. The van der Waals surface area contributed by atoms with Crippen molar-refractivity contribution in [2.75, 3.05) is 19.6 Å². The largest absolute Gasteiger partial charge is 0.481 e. The number of likely N-dealkylation sites (tertiary alicyclic amines) is 1. The van der Waals surface area contributed by atoms with Crippen LogP contribution in [0.5, 0.6) is 0 Å². The van der Waals surface area contributed by atoms with Gasteiger partial charge in [0.2, 0.25) is 0 Å². The lowest BCUT2D eigenvalue weighted by molar-refractivity contribution is -0.137. The third-order valence-electron chi connectivity index (χ3n) is 3.85. The summed E-state index contributed by atoms with van der Waals surface area (Å²) in [4.78, 5) is 26.7. The van der Waals surface area contributed by atoms with Gasteiger partial charge in [0.1, 0.15) is 0 Å². The quantitative estimate of drug-likeness (QED) is 0.831. The van der Waals surface area contributed by atoms with Gasteiger partial charge < -0.3 is 14.9 Å². The average Bonchev–Trinajstić information content (AvgIpc) is 3.14. The summed E-state index contributed by atoms with van der Waals surface area (Å²) in [6.45, 7) is 4.20. The predicted octanol–water partition coefficient (Wildman–Crippen LogP) is 1.78. The third-order valence-corrected chi connectivity index (χ3v) is 3.85. The second-order valence-corrected chi connectivity index (χ2v) is 5.52. The number of carboxylic acids is 1. The number of rotatable bonds is 4. The van der Waals surface area contributed by atoms with Gasteiger partial charge in [-0.1, -0.05) is 6.92 Å². The number of aliphatic carboxylic acids is 1. The Bertz CT molecular complexity index is 320. The highest BCUT2D eigenvalue weighted by molar-refractivity contribution is 5.76. The van der Waals surface area contributed by atoms with Gasteiger partial charge in [0.15, 0.2) is 0 Å². The molecular formula is C13H22N2O3. The molecule has 0 aromatic carbocycles. The van der Waals surface area contributed by atoms with Crippen LogP contribution in [-0.2, 0) is 4.79 Å². The first-order valence-corrected chi connectivity index (χ1v) is 6.85. The molecule has 1 saturated heterocycles. The van der Waals surface area contributed by atoms with Crippen molar-refractivity contribution >= 4 is 12.0 Å². The van der Waals surface area contributed by atoms with Gasteiger partial charge in [-0.15, -0.1) is 0 Å². The number of carbonyl (C=O) groups excluding carboxylic acids is 1. The van der Waals surface area contributed by atoms with Crippen LogP contribution in [0.15, 0.2) is 0 Å². The normalized spacial score (nSPS) is 20.8. The molecule has 0 bridgehead atoms. The van der Waals surface area contributed by atoms with E-state index in [0.717, 1.165) is 38.8 Å². The molecule has 18 heavy (non-hydrogen) atoms. The van der Waals surface area contributed by atoms with Gasteiger partial charge in [0, 0.05) is 25.7 Å². The fraction of sp³-hybridized carbons (Fsp3) is 0.846. The molecule has 2 fully saturated rings. The third kappa shape index (κ3) is 3.37. The summed E-state index contributed by atoms with van der Waals surface area (Å²) in [5, 5.41) is 8.74. The highest BCUT2D eigenvalue weighted by Gasteiger charge is 2.35. The van der Waals surface area contributed by atoms with E-state index in [-0.39, 0.29) is 18.5 Å². The van der Waals surface area contributed by atoms with E-state index in [2.05, 4.69) is 6.92 Å². The summed E-state index contributed by atoms with van der Waals surface area (Å²) < 4.78 is 0. The minimum atomic E-state index is -0.833. The number of amides is 2. The second-order valence-electron chi connectivity index (χ2n) is 5.52. The molecule has 0 atom stereocenters. The van der Waals surface area contributed by atoms with E-state index in [1.165, 1.54) is 0 Å². The standard InChI is InChI=1S/C13H22N2O3/c1-10-4-7-14(8-5-10)13(18)15(11-2-3-11)9-6-12(16)17/h10-11H,2-9H2,1H3,(H,16,17). The van der Waals surface area contributed by atoms with Crippen LogP contribution >= 0.6 is 0 Å². The molecule has 5 heteroatoms. The van der Waals surface area contributed by atoms with Gasteiger partial charge in [0.25, 0.3) is 0 Å². The molecule has 1 saturated carbocycles. The molecule has 2 aliphatic rings. The number of nitrogens with zero attached hydrogens (tertiary/aromatic N) is 2. The van der Waals surface area contributed by atoms with Gasteiger partial charge in [-0.2, -0.15) is 0 Å². The van der Waals surface area contributed by atoms with Crippen molar-refractivity contribution in [1.82, 2.24) is 9.80 Å². The summed E-state index contributed by atoms with van der Waals surface area (Å²) in [5.74, 6) is -0.136. The Morgan fingerprint density at radius 2 is 1.83 bits per heavy atom. The summed E-state index contributed by atoms with van der Waals surface area (Å²) in [7, 11) is 0. The Morgan fingerprint density at radius 1 is 1.22 bits per heavy atom. The molecule has 1 aliphatic heterocycles. The van der Waals surface area contributed by atoms with Crippen LogP contribution in [0.25, 0.3) is 0 Å². The van der Waals surface area contributed by atoms with E-state index in [1.54, 1.807) is 4.90 Å². The zero-order valence-electron chi connectivity index (χ0n) is 11.0. The van der Waals surface area contributed by atoms with Crippen molar-refractivity contribution in [1.29, 1.82) is 0 Å². The smallest absolute Gasteiger partial charge is 0.320 e. The van der Waals surface area contributed by atoms with Crippen molar-refractivity contribution in [2.45, 2.75) is 45.1 Å². The number of hydrogen-bond donors (Lipinski definition) is 1. The van der Waals surface area contributed by atoms with Crippen LogP contribution in [0.1, 0.15) is 39.0 Å². The van der Waals surface area contributed by atoms with Crippen LogP contribution in [0.3, 0.4) is 0 Å². The number of piperidine rings is 1. The number of urea groups is 1. The van der Waals surface area contributed by atoms with E-state index in [4.69, 9.17) is 5.11 Å². The van der Waals surface area contributed by atoms with E-state index in [9.17, 15) is 9.59 Å². The van der Waals surface area contributed by atoms with Crippen molar-refractivity contribution in [3.63, 3.8) is 0 Å². The molecule has 0 aromatic heterocycles. The minimum Gasteiger partial charge on any atom is -0.481 e. The maximum absolute atomic E-state index is 12.4. The van der Waals surface area contributed by atoms with E-state index in [1.807, 2.05) is 4.90 Å². The lowest BCUT2D eigenvalue weighted by atomic mass is 9.99. The average molecular weight is 254 g/mol. The molecule has 1 N–H and O–H groups in total. The SMILES string of the molecule is CC1CCN(C(=O)N(CCC(=O)O)C2CC2)CC1. The monoisotopic (exact) mass is 254 g/mol. The lowest BCUT2D eigenvalue weighted by Crippen LogP contribution is -2.48. The van der Waals surface area contributed by atoms with Crippen molar-refractivity contribution in [3.05, 3.63) is 0 Å². The molecule has 2 amide bonds. The summed E-state index contributed by atoms with van der Waals surface area (Å²) in [5.41, 5.74) is 0. The Morgan fingerprint density at radius 3 is 2.33 bits per heavy atom. The first-order chi connectivity index (χ1) is 8.58. The maximum atomic E-state index is 12.4. The van der Waals surface area contributed by atoms with E-state index >= 15 is 0 Å². The predicted molar refractivity (Wildman–Crippen MR) is 67.3 cm³/mol. The van der Waals surface area contributed by atoms with E-state index in [0.29, 0.717) is 12.5 Å². The Labute approximate surface area is 108 Å². The van der Waals surface area contributed by atoms with Crippen molar-refractivity contribution < 1.29 is 14.7 Å². The molecule has 0 spiro atoms. The molecule has 0 unspecified atom stereocenters. The molecular weight excluding hydrogens is 232 g/mol. The van der Waals surface area contributed by atoms with E-state index < -0.39 is 5.97 Å². The Kier molecular flexibility index (Phi) is 4.09. The molecule has 0 aromatic rings. The minimum absolute atomic E-state index is 0.0469. The number of hydrogen-bond acceptors (Lipinski definition) is 2. The molecule has 102 valence electrons. The zero-order valence-corrected chi connectivity index (χ0v) is 11.0. The van der Waals surface area contributed by atoms with Gasteiger partial charge in [0.05, 0.1) is 6.42 Å².